The van der Waals surface area contributed by atoms with Gasteiger partial charge in [0.1, 0.15) is 17.9 Å². The van der Waals surface area contributed by atoms with Crippen molar-refractivity contribution in [3.63, 3.8) is 0 Å². The molecule has 116 valence electrons. The van der Waals surface area contributed by atoms with E-state index in [-0.39, 0.29) is 24.5 Å². The Kier molecular flexibility index (Phi) is 7.15. The highest BCUT2D eigenvalue weighted by atomic mass is 16.5. The molecule has 0 fully saturated rings. The van der Waals surface area contributed by atoms with Gasteiger partial charge in [-0.05, 0) is 24.3 Å². The lowest BCUT2D eigenvalue weighted by atomic mass is 10.2. The molecule has 2 aromatic rings. The Bertz CT molecular complexity index is 609. The molecule has 6 nitrogen and oxygen atoms in total. The lowest BCUT2D eigenvalue weighted by molar-refractivity contribution is 0.0430. The first-order valence-electron chi connectivity index (χ1n) is 6.40. The van der Waals surface area contributed by atoms with Crippen molar-refractivity contribution in [2.75, 3.05) is 13.2 Å². The van der Waals surface area contributed by atoms with Gasteiger partial charge in [0.05, 0.1) is 12.2 Å². The van der Waals surface area contributed by atoms with Gasteiger partial charge in [0.2, 0.25) is 0 Å². The zero-order valence-electron chi connectivity index (χ0n) is 11.7. The van der Waals surface area contributed by atoms with E-state index < -0.39 is 11.9 Å². The van der Waals surface area contributed by atoms with E-state index in [1.807, 2.05) is 0 Å². The summed E-state index contributed by atoms with van der Waals surface area (Å²) in [6, 6.07) is 14.4. The summed E-state index contributed by atoms with van der Waals surface area (Å²) in [7, 11) is 0. The summed E-state index contributed by atoms with van der Waals surface area (Å²) < 4.78 is 4.61. The fourth-order valence-electron chi connectivity index (χ4n) is 1.44. The molecule has 0 aliphatic carbocycles. The van der Waals surface area contributed by atoms with Crippen LogP contribution in [-0.2, 0) is 4.74 Å². The number of phenolic OH excluding ortho intramolecular Hbond substituents is 1. The Balaban J connectivity index is 0.000000235. The van der Waals surface area contributed by atoms with Gasteiger partial charge in [-0.1, -0.05) is 30.3 Å². The lowest BCUT2D eigenvalue weighted by Crippen LogP contribution is -2.08. The third-order valence-electron chi connectivity index (χ3n) is 2.47. The molecule has 0 amide bonds. The molecule has 0 heterocycles. The smallest absolute Gasteiger partial charge is 0.341 e. The number of esters is 1. The molecule has 0 spiro atoms. The molecule has 0 atom stereocenters. The molecule has 3 N–H and O–H groups in total. The van der Waals surface area contributed by atoms with Crippen molar-refractivity contribution in [1.82, 2.24) is 0 Å². The molecule has 0 radical (unpaired) electrons. The van der Waals surface area contributed by atoms with Crippen molar-refractivity contribution in [1.29, 1.82) is 0 Å². The molecule has 0 unspecified atom stereocenters. The molecule has 2 aromatic carbocycles. The van der Waals surface area contributed by atoms with Gasteiger partial charge in [-0.25, -0.2) is 9.59 Å². The SMILES string of the molecule is O=C(O)c1ccccc1.O=C(OCCO)c1ccccc1O. The van der Waals surface area contributed by atoms with E-state index >= 15 is 0 Å². The van der Waals surface area contributed by atoms with Gasteiger partial charge >= 0.3 is 11.9 Å². The summed E-state index contributed by atoms with van der Waals surface area (Å²) in [6.07, 6.45) is 0. The number of rotatable bonds is 4. The average Bonchev–Trinajstić information content (AvgIpc) is 2.54. The van der Waals surface area contributed by atoms with Crippen molar-refractivity contribution < 1.29 is 29.6 Å². The Morgan fingerprint density at radius 1 is 0.955 bits per heavy atom. The number of carboxylic acid groups (broad SMARTS) is 1. The minimum Gasteiger partial charge on any atom is -0.507 e. The van der Waals surface area contributed by atoms with Crippen LogP contribution in [0.3, 0.4) is 0 Å². The Morgan fingerprint density at radius 3 is 2.05 bits per heavy atom. The van der Waals surface area contributed by atoms with Crippen LogP contribution in [0, 0.1) is 0 Å². The number of para-hydroxylation sites is 1. The first-order chi connectivity index (χ1) is 10.6. The van der Waals surface area contributed by atoms with Crippen molar-refractivity contribution in [3.05, 3.63) is 65.7 Å². The molecule has 0 aliphatic heterocycles. The van der Waals surface area contributed by atoms with Gasteiger partial charge in [-0.2, -0.15) is 0 Å². The quantitative estimate of drug-likeness (QED) is 0.746. The summed E-state index contributed by atoms with van der Waals surface area (Å²) in [6.45, 7) is -0.285. The predicted octanol–water partition coefficient (Wildman–Crippen LogP) is 1.93. The second-order valence-corrected chi connectivity index (χ2v) is 4.05. The Labute approximate surface area is 127 Å². The number of aliphatic hydroxyl groups excluding tert-OH is 1. The topological polar surface area (TPSA) is 104 Å². The maximum Gasteiger partial charge on any atom is 0.341 e. The third kappa shape index (κ3) is 5.64. The van der Waals surface area contributed by atoms with E-state index in [4.69, 9.17) is 10.2 Å². The standard InChI is InChI=1S/C9H10O4.C7H6O2/c10-5-6-13-9(12)7-3-1-2-4-8(7)11;8-7(9)6-4-2-1-3-5-6/h1-4,10-11H,5-6H2;1-5H,(H,8,9). The van der Waals surface area contributed by atoms with E-state index in [1.165, 1.54) is 12.1 Å². The van der Waals surface area contributed by atoms with Gasteiger partial charge < -0.3 is 20.1 Å². The van der Waals surface area contributed by atoms with Crippen LogP contribution >= 0.6 is 0 Å². The normalized spacial score (nSPS) is 9.32. The van der Waals surface area contributed by atoms with Gasteiger partial charge in [0.15, 0.2) is 0 Å². The third-order valence-corrected chi connectivity index (χ3v) is 2.47. The molecule has 0 aliphatic rings. The van der Waals surface area contributed by atoms with E-state index in [1.54, 1.807) is 42.5 Å². The number of carbonyl (C=O) groups is 2. The average molecular weight is 304 g/mol. The number of aliphatic hydroxyl groups is 1. The van der Waals surface area contributed by atoms with Crippen LogP contribution in [0.2, 0.25) is 0 Å². The van der Waals surface area contributed by atoms with Crippen molar-refractivity contribution in [2.45, 2.75) is 0 Å². The zero-order valence-corrected chi connectivity index (χ0v) is 11.7. The van der Waals surface area contributed by atoms with E-state index in [9.17, 15) is 14.7 Å². The molecule has 0 bridgehead atoms. The monoisotopic (exact) mass is 304 g/mol. The van der Waals surface area contributed by atoms with Crippen LogP contribution in [-0.4, -0.2) is 40.5 Å². The van der Waals surface area contributed by atoms with Gasteiger partial charge in [-0.15, -0.1) is 0 Å². The number of hydrogen-bond donors (Lipinski definition) is 3. The Morgan fingerprint density at radius 2 is 1.55 bits per heavy atom. The molecule has 0 saturated heterocycles. The van der Waals surface area contributed by atoms with Crippen LogP contribution in [0.4, 0.5) is 0 Å². The van der Waals surface area contributed by atoms with Crippen molar-refractivity contribution in [3.8, 4) is 5.75 Å². The molecule has 2 rings (SSSR count). The summed E-state index contributed by atoms with van der Waals surface area (Å²) in [5.74, 6) is -1.63. The summed E-state index contributed by atoms with van der Waals surface area (Å²) in [5.41, 5.74) is 0.438. The second kappa shape index (κ2) is 9.15. The largest absolute Gasteiger partial charge is 0.507 e. The van der Waals surface area contributed by atoms with Crippen molar-refractivity contribution in [2.24, 2.45) is 0 Å². The second-order valence-electron chi connectivity index (χ2n) is 4.05. The molecular weight excluding hydrogens is 288 g/mol. The molecule has 0 saturated carbocycles. The number of aromatic carboxylic acids is 1. The maximum atomic E-state index is 11.1. The lowest BCUT2D eigenvalue weighted by Gasteiger charge is -2.03. The van der Waals surface area contributed by atoms with Crippen LogP contribution in [0.5, 0.6) is 5.75 Å². The summed E-state index contributed by atoms with van der Waals surface area (Å²) in [5, 5.41) is 26.0. The van der Waals surface area contributed by atoms with E-state index in [0.29, 0.717) is 5.56 Å². The summed E-state index contributed by atoms with van der Waals surface area (Å²) >= 11 is 0. The fraction of sp³-hybridized carbons (Fsp3) is 0.125. The molecule has 22 heavy (non-hydrogen) atoms. The zero-order chi connectivity index (χ0) is 16.4. The van der Waals surface area contributed by atoms with Crippen molar-refractivity contribution >= 4 is 11.9 Å². The first-order valence-corrected chi connectivity index (χ1v) is 6.40. The van der Waals surface area contributed by atoms with Crippen LogP contribution in [0.25, 0.3) is 0 Å². The minimum atomic E-state index is -0.879. The van der Waals surface area contributed by atoms with E-state index in [2.05, 4.69) is 4.74 Å². The Hall–Kier alpha value is -2.86. The highest BCUT2D eigenvalue weighted by molar-refractivity contribution is 5.92. The molecule has 6 heteroatoms. The number of aromatic hydroxyl groups is 1. The fourth-order valence-corrected chi connectivity index (χ4v) is 1.44. The maximum absolute atomic E-state index is 11.1. The van der Waals surface area contributed by atoms with Gasteiger partial charge in [0, 0.05) is 0 Å². The molecule has 0 aromatic heterocycles. The van der Waals surface area contributed by atoms with Gasteiger partial charge in [0.25, 0.3) is 0 Å². The number of phenols is 1. The highest BCUT2D eigenvalue weighted by Crippen LogP contribution is 2.16. The number of hydrogen-bond acceptors (Lipinski definition) is 5. The van der Waals surface area contributed by atoms with E-state index in [0.717, 1.165) is 0 Å². The first kappa shape index (κ1) is 17.2. The minimum absolute atomic E-state index is 0.0623. The molecular formula is C16H16O6. The van der Waals surface area contributed by atoms with Crippen LogP contribution < -0.4 is 0 Å². The number of ether oxygens (including phenoxy) is 1. The van der Waals surface area contributed by atoms with Crippen LogP contribution in [0.15, 0.2) is 54.6 Å². The van der Waals surface area contributed by atoms with Crippen LogP contribution in [0.1, 0.15) is 20.7 Å². The van der Waals surface area contributed by atoms with Gasteiger partial charge in [-0.3, -0.25) is 0 Å². The summed E-state index contributed by atoms with van der Waals surface area (Å²) in [4.78, 5) is 21.3. The number of carbonyl (C=O) groups excluding carboxylic acids is 1. The predicted molar refractivity (Wildman–Crippen MR) is 78.9 cm³/mol. The highest BCUT2D eigenvalue weighted by Gasteiger charge is 2.10. The number of carboxylic acids is 1. The number of benzene rings is 2.